The van der Waals surface area contributed by atoms with Gasteiger partial charge in [-0.05, 0) is 26.3 Å². The molecule has 0 aromatic carbocycles. The van der Waals surface area contributed by atoms with Crippen LogP contribution in [-0.4, -0.2) is 24.7 Å². The van der Waals surface area contributed by atoms with Gasteiger partial charge in [-0.1, -0.05) is 32.6 Å². The van der Waals surface area contributed by atoms with Crippen LogP contribution in [0.4, 0.5) is 0 Å². The highest BCUT2D eigenvalue weighted by atomic mass is 16.5. The third kappa shape index (κ3) is 4.12. The van der Waals surface area contributed by atoms with E-state index in [1.807, 2.05) is 6.92 Å². The zero-order valence-electron chi connectivity index (χ0n) is 10.7. The average Bonchev–Trinajstić information content (AvgIpc) is 2.45. The van der Waals surface area contributed by atoms with Crippen LogP contribution in [0, 0.1) is 0 Å². The molecular formula is C13H25NO2. The molecule has 0 saturated heterocycles. The highest BCUT2D eigenvalue weighted by Crippen LogP contribution is 2.30. The van der Waals surface area contributed by atoms with E-state index in [0.29, 0.717) is 13.0 Å². The van der Waals surface area contributed by atoms with Gasteiger partial charge in [0, 0.05) is 5.54 Å². The smallest absolute Gasteiger partial charge is 0.307 e. The first-order valence-corrected chi connectivity index (χ1v) is 6.63. The van der Waals surface area contributed by atoms with Crippen molar-refractivity contribution < 1.29 is 9.53 Å². The molecule has 1 aliphatic carbocycles. The number of rotatable bonds is 5. The average molecular weight is 227 g/mol. The second kappa shape index (κ2) is 6.89. The zero-order chi connectivity index (χ0) is 11.9. The molecule has 0 aromatic heterocycles. The Morgan fingerprint density at radius 1 is 1.19 bits per heavy atom. The Labute approximate surface area is 98.9 Å². The molecule has 1 aliphatic rings. The van der Waals surface area contributed by atoms with Gasteiger partial charge in [-0.15, -0.1) is 0 Å². The van der Waals surface area contributed by atoms with E-state index < -0.39 is 0 Å². The first-order valence-electron chi connectivity index (χ1n) is 6.63. The molecule has 1 fully saturated rings. The minimum absolute atomic E-state index is 0.0114. The molecule has 3 heteroatoms. The Bertz CT molecular complexity index is 208. The summed E-state index contributed by atoms with van der Waals surface area (Å²) in [7, 11) is 0. The lowest BCUT2D eigenvalue weighted by Gasteiger charge is -2.32. The van der Waals surface area contributed by atoms with Crippen LogP contribution < -0.4 is 5.32 Å². The molecular weight excluding hydrogens is 202 g/mol. The molecule has 94 valence electrons. The summed E-state index contributed by atoms with van der Waals surface area (Å²) in [6, 6.07) is 0. The maximum Gasteiger partial charge on any atom is 0.307 e. The van der Waals surface area contributed by atoms with Gasteiger partial charge in [-0.2, -0.15) is 0 Å². The lowest BCUT2D eigenvalue weighted by atomic mass is 9.86. The molecule has 0 spiro atoms. The Hall–Kier alpha value is -0.570. The van der Waals surface area contributed by atoms with E-state index >= 15 is 0 Å². The Balaban J connectivity index is 2.58. The quantitative estimate of drug-likeness (QED) is 0.579. The van der Waals surface area contributed by atoms with Crippen molar-refractivity contribution in [2.45, 2.75) is 64.3 Å². The summed E-state index contributed by atoms with van der Waals surface area (Å²) in [5, 5.41) is 3.53. The maximum atomic E-state index is 11.6. The van der Waals surface area contributed by atoms with Crippen molar-refractivity contribution in [3.8, 4) is 0 Å². The molecule has 1 rings (SSSR count). The highest BCUT2D eigenvalue weighted by molar-refractivity contribution is 5.70. The van der Waals surface area contributed by atoms with Gasteiger partial charge >= 0.3 is 5.97 Å². The minimum Gasteiger partial charge on any atom is -0.466 e. The van der Waals surface area contributed by atoms with Crippen molar-refractivity contribution in [1.29, 1.82) is 0 Å². The van der Waals surface area contributed by atoms with Gasteiger partial charge in [0.1, 0.15) is 0 Å². The summed E-state index contributed by atoms with van der Waals surface area (Å²) in [4.78, 5) is 11.6. The van der Waals surface area contributed by atoms with E-state index in [1.165, 1.54) is 25.7 Å². The van der Waals surface area contributed by atoms with Crippen molar-refractivity contribution >= 4 is 5.97 Å². The summed E-state index contributed by atoms with van der Waals surface area (Å²) in [6.45, 7) is 5.39. The SMILES string of the molecule is CCNC1(CC(=O)OCC)CCCCCC1. The fourth-order valence-corrected chi connectivity index (χ4v) is 2.68. The van der Waals surface area contributed by atoms with Crippen LogP contribution in [0.1, 0.15) is 58.8 Å². The number of carbonyl (C=O) groups excluding carboxylic acids is 1. The van der Waals surface area contributed by atoms with Crippen LogP contribution in [0.3, 0.4) is 0 Å². The first-order chi connectivity index (χ1) is 7.72. The Kier molecular flexibility index (Phi) is 5.81. The number of nitrogens with one attached hydrogen (secondary N) is 1. The van der Waals surface area contributed by atoms with Crippen molar-refractivity contribution in [2.24, 2.45) is 0 Å². The van der Waals surface area contributed by atoms with Gasteiger partial charge in [0.25, 0.3) is 0 Å². The molecule has 16 heavy (non-hydrogen) atoms. The van der Waals surface area contributed by atoms with Crippen molar-refractivity contribution in [3.63, 3.8) is 0 Å². The molecule has 0 unspecified atom stereocenters. The lowest BCUT2D eigenvalue weighted by Crippen LogP contribution is -2.46. The number of esters is 1. The van der Waals surface area contributed by atoms with Crippen LogP contribution >= 0.6 is 0 Å². The van der Waals surface area contributed by atoms with Gasteiger partial charge in [-0.3, -0.25) is 4.79 Å². The van der Waals surface area contributed by atoms with Crippen LogP contribution in [0.5, 0.6) is 0 Å². The summed E-state index contributed by atoms with van der Waals surface area (Å²) >= 11 is 0. The normalized spacial score (nSPS) is 20.1. The molecule has 0 atom stereocenters. The predicted molar refractivity (Wildman–Crippen MR) is 65.4 cm³/mol. The van der Waals surface area contributed by atoms with E-state index in [4.69, 9.17) is 4.74 Å². The molecule has 1 saturated carbocycles. The summed E-state index contributed by atoms with van der Waals surface area (Å²) in [6.07, 6.45) is 7.82. The zero-order valence-corrected chi connectivity index (χ0v) is 10.7. The minimum atomic E-state index is -0.0506. The van der Waals surface area contributed by atoms with Crippen molar-refractivity contribution in [1.82, 2.24) is 5.32 Å². The van der Waals surface area contributed by atoms with E-state index in [2.05, 4.69) is 12.2 Å². The monoisotopic (exact) mass is 227 g/mol. The third-order valence-electron chi connectivity index (χ3n) is 3.40. The molecule has 0 aromatic rings. The molecule has 0 heterocycles. The highest BCUT2D eigenvalue weighted by Gasteiger charge is 2.32. The van der Waals surface area contributed by atoms with Crippen LogP contribution in [0.25, 0.3) is 0 Å². The summed E-state index contributed by atoms with van der Waals surface area (Å²) in [5.74, 6) is -0.0506. The van der Waals surface area contributed by atoms with E-state index in [1.54, 1.807) is 0 Å². The standard InChI is InChI=1S/C13H25NO2/c1-3-14-13(11-12(15)16-4-2)9-7-5-6-8-10-13/h14H,3-11H2,1-2H3. The van der Waals surface area contributed by atoms with Gasteiger partial charge in [-0.25, -0.2) is 0 Å². The molecule has 0 radical (unpaired) electrons. The van der Waals surface area contributed by atoms with E-state index in [9.17, 15) is 4.79 Å². The van der Waals surface area contributed by atoms with Crippen molar-refractivity contribution in [2.75, 3.05) is 13.2 Å². The second-order valence-corrected chi connectivity index (χ2v) is 4.71. The number of carbonyl (C=O) groups is 1. The Morgan fingerprint density at radius 3 is 2.31 bits per heavy atom. The van der Waals surface area contributed by atoms with E-state index in [0.717, 1.165) is 19.4 Å². The fraction of sp³-hybridized carbons (Fsp3) is 0.923. The molecule has 0 aliphatic heterocycles. The number of hydrogen-bond acceptors (Lipinski definition) is 3. The van der Waals surface area contributed by atoms with Gasteiger partial charge in [0.05, 0.1) is 13.0 Å². The van der Waals surface area contributed by atoms with Crippen LogP contribution in [0.2, 0.25) is 0 Å². The van der Waals surface area contributed by atoms with Gasteiger partial charge < -0.3 is 10.1 Å². The first kappa shape index (κ1) is 13.5. The largest absolute Gasteiger partial charge is 0.466 e. The molecule has 0 bridgehead atoms. The van der Waals surface area contributed by atoms with E-state index in [-0.39, 0.29) is 11.5 Å². The molecule has 1 N–H and O–H groups in total. The number of hydrogen-bond donors (Lipinski definition) is 1. The topological polar surface area (TPSA) is 38.3 Å². The molecule has 3 nitrogen and oxygen atoms in total. The van der Waals surface area contributed by atoms with Crippen molar-refractivity contribution in [3.05, 3.63) is 0 Å². The summed E-state index contributed by atoms with van der Waals surface area (Å²) < 4.78 is 5.08. The van der Waals surface area contributed by atoms with Crippen LogP contribution in [-0.2, 0) is 9.53 Å². The van der Waals surface area contributed by atoms with Gasteiger partial charge in [0.15, 0.2) is 0 Å². The fourth-order valence-electron chi connectivity index (χ4n) is 2.68. The maximum absolute atomic E-state index is 11.6. The third-order valence-corrected chi connectivity index (χ3v) is 3.40. The van der Waals surface area contributed by atoms with Gasteiger partial charge in [0.2, 0.25) is 0 Å². The number of ether oxygens (including phenoxy) is 1. The predicted octanol–water partition coefficient (Wildman–Crippen LogP) is 2.64. The van der Waals surface area contributed by atoms with Crippen LogP contribution in [0.15, 0.2) is 0 Å². The lowest BCUT2D eigenvalue weighted by molar-refractivity contribution is -0.145. The Morgan fingerprint density at radius 2 is 1.81 bits per heavy atom. The second-order valence-electron chi connectivity index (χ2n) is 4.71. The summed E-state index contributed by atoms with van der Waals surface area (Å²) in [5.41, 5.74) is 0.0114. The molecule has 0 amide bonds.